The molecular formula is C18H36O4. The summed E-state index contributed by atoms with van der Waals surface area (Å²) in [7, 11) is 0. The van der Waals surface area contributed by atoms with Crippen LogP contribution in [-0.2, 0) is 4.74 Å². The summed E-state index contributed by atoms with van der Waals surface area (Å²) in [6, 6.07) is 0. The molecule has 0 bridgehead atoms. The van der Waals surface area contributed by atoms with Crippen LogP contribution >= 0.6 is 0 Å². The molecule has 22 heavy (non-hydrogen) atoms. The number of hydrogen-bond donors (Lipinski definition) is 3. The summed E-state index contributed by atoms with van der Waals surface area (Å²) in [4.78, 5) is 0. The van der Waals surface area contributed by atoms with Gasteiger partial charge in [-0.25, -0.2) is 0 Å². The van der Waals surface area contributed by atoms with Crippen LogP contribution in [0.2, 0.25) is 0 Å². The Hall–Kier alpha value is -0.160. The van der Waals surface area contributed by atoms with Gasteiger partial charge in [-0.2, -0.15) is 0 Å². The van der Waals surface area contributed by atoms with Crippen molar-refractivity contribution in [3.8, 4) is 0 Å². The normalized spacial score (nSPS) is 28.4. The van der Waals surface area contributed by atoms with Crippen LogP contribution < -0.4 is 0 Å². The maximum atomic E-state index is 9.83. The number of rotatable bonds is 13. The Morgan fingerprint density at radius 2 is 1.14 bits per heavy atom. The van der Waals surface area contributed by atoms with E-state index in [-0.39, 0.29) is 12.7 Å². The van der Waals surface area contributed by atoms with E-state index in [1.165, 1.54) is 57.8 Å². The van der Waals surface area contributed by atoms with Gasteiger partial charge in [-0.3, -0.25) is 0 Å². The van der Waals surface area contributed by atoms with Gasteiger partial charge in [0.1, 0.15) is 18.3 Å². The molecule has 3 N–H and O–H groups in total. The van der Waals surface area contributed by atoms with Gasteiger partial charge in [-0.15, -0.1) is 0 Å². The Labute approximate surface area is 135 Å². The maximum Gasteiger partial charge on any atom is 0.111 e. The highest BCUT2D eigenvalue weighted by Crippen LogP contribution is 2.25. The molecule has 0 aromatic heterocycles. The number of unbranched alkanes of at least 4 members (excludes halogenated alkanes) is 10. The zero-order chi connectivity index (χ0) is 16.2. The lowest BCUT2D eigenvalue weighted by molar-refractivity contribution is -0.0246. The second-order valence-corrected chi connectivity index (χ2v) is 6.70. The summed E-state index contributed by atoms with van der Waals surface area (Å²) < 4.78 is 5.48. The highest BCUT2D eigenvalue weighted by atomic mass is 16.6. The number of aliphatic hydroxyl groups excluding tert-OH is 3. The first-order chi connectivity index (χ1) is 10.7. The first-order valence-electron chi connectivity index (χ1n) is 9.33. The molecule has 0 saturated carbocycles. The fourth-order valence-electron chi connectivity index (χ4n) is 3.22. The molecule has 0 aliphatic carbocycles. The van der Waals surface area contributed by atoms with Crippen molar-refractivity contribution < 1.29 is 20.1 Å². The van der Waals surface area contributed by atoms with E-state index < -0.39 is 18.3 Å². The molecule has 0 spiro atoms. The minimum atomic E-state index is -0.942. The van der Waals surface area contributed by atoms with Gasteiger partial charge in [0.25, 0.3) is 0 Å². The summed E-state index contributed by atoms with van der Waals surface area (Å²) in [5.74, 6) is 0. The van der Waals surface area contributed by atoms with E-state index in [0.717, 1.165) is 19.3 Å². The first kappa shape index (κ1) is 19.9. The quantitative estimate of drug-likeness (QED) is 0.456. The molecule has 1 heterocycles. The average molecular weight is 316 g/mol. The molecule has 0 aromatic carbocycles. The van der Waals surface area contributed by atoms with Crippen LogP contribution in [0.4, 0.5) is 0 Å². The molecule has 132 valence electrons. The first-order valence-corrected chi connectivity index (χ1v) is 9.33. The van der Waals surface area contributed by atoms with E-state index in [0.29, 0.717) is 0 Å². The zero-order valence-corrected chi connectivity index (χ0v) is 14.3. The van der Waals surface area contributed by atoms with E-state index in [1.807, 2.05) is 0 Å². The van der Waals surface area contributed by atoms with Crippen LogP contribution in [0.5, 0.6) is 0 Å². The summed E-state index contributed by atoms with van der Waals surface area (Å²) >= 11 is 0. The molecular weight excluding hydrogens is 280 g/mol. The Kier molecular flexibility index (Phi) is 11.1. The maximum absolute atomic E-state index is 9.83. The van der Waals surface area contributed by atoms with Gasteiger partial charge in [-0.05, 0) is 6.42 Å². The molecule has 0 amide bonds. The third-order valence-corrected chi connectivity index (χ3v) is 4.73. The predicted molar refractivity (Wildman–Crippen MR) is 88.8 cm³/mol. The molecule has 0 aromatic rings. The lowest BCUT2D eigenvalue weighted by Crippen LogP contribution is -2.33. The fraction of sp³-hybridized carbons (Fsp3) is 1.00. The minimum absolute atomic E-state index is 0.229. The van der Waals surface area contributed by atoms with Crippen molar-refractivity contribution in [2.75, 3.05) is 6.61 Å². The standard InChI is InChI=1S/C18H36O4/c1-2-3-4-5-6-7-8-9-10-11-12-13-15-17(20)18(21)16(14-19)22-15/h15-21H,2-14H2,1H3/t15-,16-,17+,18+/m0/s1. The van der Waals surface area contributed by atoms with Crippen molar-refractivity contribution in [2.45, 2.75) is 108 Å². The van der Waals surface area contributed by atoms with Crippen LogP contribution in [0.1, 0.15) is 84.0 Å². The topological polar surface area (TPSA) is 69.9 Å². The minimum Gasteiger partial charge on any atom is -0.394 e. The largest absolute Gasteiger partial charge is 0.394 e. The van der Waals surface area contributed by atoms with E-state index in [2.05, 4.69) is 6.92 Å². The van der Waals surface area contributed by atoms with Crippen molar-refractivity contribution in [3.05, 3.63) is 0 Å². The van der Waals surface area contributed by atoms with Crippen LogP contribution in [0, 0.1) is 0 Å². The monoisotopic (exact) mass is 316 g/mol. The Balaban J connectivity index is 1.89. The van der Waals surface area contributed by atoms with Crippen molar-refractivity contribution in [1.82, 2.24) is 0 Å². The molecule has 0 unspecified atom stereocenters. The van der Waals surface area contributed by atoms with Gasteiger partial charge in [0.05, 0.1) is 12.7 Å². The second kappa shape index (κ2) is 12.3. The predicted octanol–water partition coefficient (Wildman–Crippen LogP) is 3.17. The molecule has 1 fully saturated rings. The molecule has 4 nitrogen and oxygen atoms in total. The van der Waals surface area contributed by atoms with E-state index in [4.69, 9.17) is 9.84 Å². The van der Waals surface area contributed by atoms with Crippen molar-refractivity contribution in [2.24, 2.45) is 0 Å². The fourth-order valence-corrected chi connectivity index (χ4v) is 3.22. The Morgan fingerprint density at radius 1 is 0.682 bits per heavy atom. The number of hydrogen-bond acceptors (Lipinski definition) is 4. The van der Waals surface area contributed by atoms with Gasteiger partial charge in [-0.1, -0.05) is 77.6 Å². The highest BCUT2D eigenvalue weighted by Gasteiger charge is 2.41. The van der Waals surface area contributed by atoms with E-state index in [1.54, 1.807) is 0 Å². The molecule has 1 aliphatic heterocycles. The summed E-state index contributed by atoms with van der Waals surface area (Å²) in [5, 5.41) is 28.5. The third kappa shape index (κ3) is 7.40. The molecule has 1 aliphatic rings. The van der Waals surface area contributed by atoms with Gasteiger partial charge in [0, 0.05) is 0 Å². The van der Waals surface area contributed by atoms with Gasteiger partial charge in [0.15, 0.2) is 0 Å². The van der Waals surface area contributed by atoms with Crippen molar-refractivity contribution in [3.63, 3.8) is 0 Å². The zero-order valence-electron chi connectivity index (χ0n) is 14.3. The van der Waals surface area contributed by atoms with Crippen molar-refractivity contribution in [1.29, 1.82) is 0 Å². The third-order valence-electron chi connectivity index (χ3n) is 4.73. The Bertz CT molecular complexity index is 259. The highest BCUT2D eigenvalue weighted by molar-refractivity contribution is 4.90. The summed E-state index contributed by atoms with van der Waals surface area (Å²) in [6.45, 7) is 2.02. The van der Waals surface area contributed by atoms with Crippen LogP contribution in [-0.4, -0.2) is 46.3 Å². The molecule has 4 heteroatoms. The van der Waals surface area contributed by atoms with Gasteiger partial charge < -0.3 is 20.1 Å². The van der Waals surface area contributed by atoms with Gasteiger partial charge in [0.2, 0.25) is 0 Å². The molecule has 4 atom stereocenters. The number of aliphatic hydroxyl groups is 3. The summed E-state index contributed by atoms with van der Waals surface area (Å²) in [5.41, 5.74) is 0. The van der Waals surface area contributed by atoms with E-state index >= 15 is 0 Å². The van der Waals surface area contributed by atoms with Crippen molar-refractivity contribution >= 4 is 0 Å². The van der Waals surface area contributed by atoms with E-state index in [9.17, 15) is 10.2 Å². The molecule has 1 saturated heterocycles. The van der Waals surface area contributed by atoms with Crippen LogP contribution in [0.15, 0.2) is 0 Å². The lowest BCUT2D eigenvalue weighted by atomic mass is 10.0. The van der Waals surface area contributed by atoms with Crippen LogP contribution in [0.3, 0.4) is 0 Å². The SMILES string of the molecule is CCCCCCCCCCCCC[C@@H]1O[C@@H](CO)[C@@H](O)[C@@H]1O. The average Bonchev–Trinajstić information content (AvgIpc) is 2.80. The van der Waals surface area contributed by atoms with Crippen LogP contribution in [0.25, 0.3) is 0 Å². The molecule has 0 radical (unpaired) electrons. The molecule has 1 rings (SSSR count). The lowest BCUT2D eigenvalue weighted by Gasteiger charge is -2.14. The smallest absolute Gasteiger partial charge is 0.111 e. The number of ether oxygens (including phenoxy) is 1. The summed E-state index contributed by atoms with van der Waals surface area (Å²) in [6.07, 6.45) is 12.3. The second-order valence-electron chi connectivity index (χ2n) is 6.70. The Morgan fingerprint density at radius 3 is 1.59 bits per heavy atom. The van der Waals surface area contributed by atoms with Gasteiger partial charge >= 0.3 is 0 Å².